The zero-order chi connectivity index (χ0) is 94.8. The van der Waals surface area contributed by atoms with Crippen LogP contribution in [0.4, 0.5) is 22.7 Å². The third-order valence-corrected chi connectivity index (χ3v) is 30.4. The van der Waals surface area contributed by atoms with E-state index in [2.05, 4.69) is 111 Å². The van der Waals surface area contributed by atoms with E-state index in [1.807, 2.05) is 48.2 Å². The van der Waals surface area contributed by atoms with Crippen molar-refractivity contribution in [3.8, 4) is 34.5 Å². The van der Waals surface area contributed by atoms with E-state index in [0.717, 1.165) is 122 Å². The Kier molecular flexibility index (Phi) is 28.1. The second kappa shape index (κ2) is 40.1. The summed E-state index contributed by atoms with van der Waals surface area (Å²) in [7, 11) is -9.32. The van der Waals surface area contributed by atoms with Crippen molar-refractivity contribution in [1.29, 1.82) is 0 Å². The third kappa shape index (κ3) is 22.4. The predicted molar refractivity (Wildman–Crippen MR) is 517 cm³/mol. The van der Waals surface area contributed by atoms with Crippen molar-refractivity contribution in [1.82, 2.24) is 58.8 Å². The van der Waals surface area contributed by atoms with Gasteiger partial charge in [-0.2, -0.15) is 0 Å². The molecular formula is C99H112Cl2N16O16S2. The number of halogens is 2. The van der Waals surface area contributed by atoms with E-state index in [1.165, 1.54) is 70.1 Å². The van der Waals surface area contributed by atoms with Crippen LogP contribution in [-0.4, -0.2) is 244 Å². The molecule has 2 atom stereocenters. The summed E-state index contributed by atoms with van der Waals surface area (Å²) in [6, 6.07) is 38.1. The lowest BCUT2D eigenvalue weighted by molar-refractivity contribution is -0.386. The van der Waals surface area contributed by atoms with Gasteiger partial charge in [-0.05, 0) is 157 Å². The van der Waals surface area contributed by atoms with E-state index in [9.17, 15) is 56.2 Å². The molecule has 0 radical (unpaired) electrons. The number of piperazine rings is 4. The number of nitro groups is 2. The molecule has 710 valence electrons. The number of nitrogens with zero attached hydrogens (tertiary/aromatic N) is 12. The molecule has 135 heavy (non-hydrogen) atoms. The van der Waals surface area contributed by atoms with Gasteiger partial charge >= 0.3 is 0 Å². The molecule has 4 fully saturated rings. The number of carbonyl (C=O) groups excluding carboxylic acids is 4. The number of carbonyl (C=O) groups is 4. The van der Waals surface area contributed by atoms with Gasteiger partial charge < -0.3 is 48.5 Å². The molecular weight excluding hydrogens is 1800 g/mol. The highest BCUT2D eigenvalue weighted by molar-refractivity contribution is 7.90. The Balaban J connectivity index is 0.000000188. The van der Waals surface area contributed by atoms with E-state index in [0.29, 0.717) is 145 Å². The number of rotatable bonds is 25. The molecule has 8 aliphatic rings. The lowest BCUT2D eigenvalue weighted by Crippen LogP contribution is -2.50. The number of nitrogens with one attached hydrogen (secondary N) is 4. The molecule has 4 saturated heterocycles. The Hall–Kier alpha value is -12.0. The van der Waals surface area contributed by atoms with Crippen LogP contribution in [0, 0.1) is 42.9 Å². The molecule has 0 spiro atoms. The average molecular weight is 1920 g/mol. The van der Waals surface area contributed by atoms with E-state index < -0.39 is 62.9 Å². The van der Waals surface area contributed by atoms with Gasteiger partial charge in [-0.25, -0.2) is 36.2 Å². The number of aromatic nitrogens is 4. The summed E-state index contributed by atoms with van der Waals surface area (Å²) in [5.41, 5.74) is 11.2. The Morgan fingerprint density at radius 3 is 1.29 bits per heavy atom. The second-order valence-electron chi connectivity index (χ2n) is 38.0. The first-order valence-electron chi connectivity index (χ1n) is 46.1. The van der Waals surface area contributed by atoms with Crippen LogP contribution in [0.5, 0.6) is 34.5 Å². The maximum Gasteiger partial charge on any atom is 0.277 e. The Morgan fingerprint density at radius 2 is 0.904 bits per heavy atom. The lowest BCUT2D eigenvalue weighted by Gasteiger charge is -2.39. The first-order chi connectivity index (χ1) is 64.7. The van der Waals surface area contributed by atoms with Crippen LogP contribution < -0.4 is 38.2 Å². The molecule has 6 aliphatic heterocycles. The number of fused-ring (bicyclic) bond motifs is 4. The van der Waals surface area contributed by atoms with Crippen molar-refractivity contribution >= 4 is 123 Å². The smallest absolute Gasteiger partial charge is 0.277 e. The largest absolute Gasteiger partial charge is 0.493 e. The van der Waals surface area contributed by atoms with Gasteiger partial charge in [0.05, 0.1) is 67.5 Å². The van der Waals surface area contributed by atoms with Gasteiger partial charge in [0.15, 0.2) is 0 Å². The van der Waals surface area contributed by atoms with Gasteiger partial charge in [-0.15, -0.1) is 0 Å². The number of ether oxygens (including phenoxy) is 4. The molecule has 2 aliphatic carbocycles. The molecule has 4 aromatic heterocycles. The van der Waals surface area contributed by atoms with Crippen molar-refractivity contribution in [2.24, 2.45) is 22.7 Å². The normalized spacial score (nSPS) is 19.1. The summed E-state index contributed by atoms with van der Waals surface area (Å²) in [5.74, 6) is -0.911. The number of sulfonamides is 2. The molecule has 0 unspecified atom stereocenters. The molecule has 18 rings (SSSR count). The number of benzene rings is 6. The van der Waals surface area contributed by atoms with Crippen LogP contribution >= 0.6 is 23.2 Å². The number of pyridine rings is 2. The van der Waals surface area contributed by atoms with Crippen molar-refractivity contribution in [2.75, 3.05) is 154 Å². The average Bonchev–Trinajstić information content (AvgIpc) is 1.13. The number of nitro benzene ring substituents is 2. The maximum atomic E-state index is 14.1. The van der Waals surface area contributed by atoms with E-state index in [4.69, 9.17) is 42.1 Å². The summed E-state index contributed by atoms with van der Waals surface area (Å²) in [4.78, 5) is 107. The first kappa shape index (κ1) is 94.7. The standard InChI is InChI=1S/C50H57ClN8O8S.C49H55ClN8O8S/c1-4-47(60)58-21-17-55(18-22-58)30-33-23-42-44(59(62)63)26-40(27-45(42)66-32-33)68(64,65)54-49(61)41-10-9-38(25-46(41)67-39-24-35-12-14-52-48(35)53-29-39)57-19-15-56(16-20-57)31-36-11-13-50(2,3)28-43(36)34-5-7-37(51)8-6-34;1-32(59)56-18-14-54(15-19-56)29-33-22-42-44(58(61)62)25-40(26-45(42)65-31-33)67(63,64)53-48(60)41-9-8-38(24-46(41)66-39-23-35-11-13-51-47(35)52-28-39)57-20-16-55(17-21-57)30-36-10-12-49(2,3)27-43(36)34-4-6-37(50)7-5-34/h5-10,12,14,24-27,29,33H,4,11,13,15-23,28,30-32H2,1-3H3,(H,52,53)(H,54,61);4-9,11,13,23-26,28,33H,10,12,14-22,27,29-31H2,1-3H3,(H,51,52)(H,53,60)/t2*33-/m11/s1. The topological polar surface area (TPSA) is 367 Å². The van der Waals surface area contributed by atoms with Crippen LogP contribution in [-0.2, 0) is 42.5 Å². The fourth-order valence-corrected chi connectivity index (χ4v) is 21.9. The number of allylic oxidation sites excluding steroid dienone is 2. The summed E-state index contributed by atoms with van der Waals surface area (Å²) >= 11 is 12.5. The fourth-order valence-electron chi connectivity index (χ4n) is 19.7. The van der Waals surface area contributed by atoms with E-state index >= 15 is 0 Å². The quantitative estimate of drug-likeness (QED) is 0.0305. The van der Waals surface area contributed by atoms with Crippen molar-refractivity contribution in [2.45, 2.75) is 109 Å². The van der Waals surface area contributed by atoms with Gasteiger partial charge in [0.1, 0.15) is 45.8 Å². The minimum absolute atomic E-state index is 0.0279. The zero-order valence-corrected chi connectivity index (χ0v) is 79.7. The summed E-state index contributed by atoms with van der Waals surface area (Å²) < 4.78 is 85.0. The number of H-pyrrole nitrogens is 2. The SMILES string of the molecule is CC(=O)N1CCN(C[C@@H]2COc3cc(S(=O)(=O)NC(=O)c4ccc(N5CCN(CC6=C(c7ccc(Cl)cc7)CC(C)(C)CC6)CC5)cc4Oc4cnc5[nH]ccc5c4)cc([N+](=O)[O-])c3C2)CC1.CCC(=O)N1CCN(C[C@@H]2COc3cc(S(=O)(=O)NC(=O)c4ccc(N5CCN(CC6=C(c7ccc(Cl)cc7)CC(C)(C)CC6)CC5)cc4Oc4cnc5[nH]ccc5c4)cc([N+](=O)[O-])c3C2)CC1. The maximum absolute atomic E-state index is 14.1. The van der Waals surface area contributed by atoms with Gasteiger partial charge in [0, 0.05) is 237 Å². The van der Waals surface area contributed by atoms with Crippen LogP contribution in [0.1, 0.15) is 129 Å². The van der Waals surface area contributed by atoms with Gasteiger partial charge in [0.2, 0.25) is 11.8 Å². The van der Waals surface area contributed by atoms with Gasteiger partial charge in [0.25, 0.3) is 43.2 Å². The number of anilines is 2. The molecule has 4 N–H and O–H groups in total. The minimum atomic E-state index is -4.66. The number of amides is 4. The molecule has 10 aromatic rings. The van der Waals surface area contributed by atoms with Crippen LogP contribution in [0.15, 0.2) is 179 Å². The molecule has 10 heterocycles. The second-order valence-corrected chi connectivity index (χ2v) is 42.2. The highest BCUT2D eigenvalue weighted by Gasteiger charge is 2.39. The fraction of sp³-hybridized carbons (Fsp3) is 0.414. The van der Waals surface area contributed by atoms with Crippen LogP contribution in [0.25, 0.3) is 33.2 Å². The van der Waals surface area contributed by atoms with Crippen molar-refractivity contribution in [3.05, 3.63) is 233 Å². The highest BCUT2D eigenvalue weighted by atomic mass is 35.5. The number of aromatic amines is 2. The number of hydrogen-bond donors (Lipinski definition) is 4. The minimum Gasteiger partial charge on any atom is -0.493 e. The summed E-state index contributed by atoms with van der Waals surface area (Å²) in [6.45, 7) is 27.4. The molecule has 32 nitrogen and oxygen atoms in total. The predicted octanol–water partition coefficient (Wildman–Crippen LogP) is 15.5. The zero-order valence-electron chi connectivity index (χ0n) is 76.6. The van der Waals surface area contributed by atoms with Gasteiger partial charge in [-0.1, -0.05) is 93.2 Å². The molecule has 4 amide bonds. The molecule has 6 aromatic carbocycles. The van der Waals surface area contributed by atoms with E-state index in [-0.39, 0.29) is 81.8 Å². The molecule has 0 bridgehead atoms. The highest BCUT2D eigenvalue weighted by Crippen LogP contribution is 2.48. The van der Waals surface area contributed by atoms with Gasteiger partial charge in [-0.3, -0.25) is 59.0 Å². The third-order valence-electron chi connectivity index (χ3n) is 27.3. The Bertz CT molecular complexity index is 6500. The molecule has 36 heteroatoms. The monoisotopic (exact) mass is 1910 g/mol. The van der Waals surface area contributed by atoms with Crippen molar-refractivity contribution in [3.63, 3.8) is 0 Å². The van der Waals surface area contributed by atoms with Crippen LogP contribution in [0.2, 0.25) is 10.0 Å². The lowest BCUT2D eigenvalue weighted by atomic mass is 9.72. The number of hydrogen-bond acceptors (Lipinski definition) is 24. The first-order valence-corrected chi connectivity index (χ1v) is 49.8. The Morgan fingerprint density at radius 1 is 0.511 bits per heavy atom. The molecule has 0 saturated carbocycles. The van der Waals surface area contributed by atoms with Crippen LogP contribution in [0.3, 0.4) is 0 Å². The summed E-state index contributed by atoms with van der Waals surface area (Å²) in [6.07, 6.45) is 14.0. The summed E-state index contributed by atoms with van der Waals surface area (Å²) in [5, 5.41) is 27.9. The Labute approximate surface area is 794 Å². The van der Waals surface area contributed by atoms with Crippen molar-refractivity contribution < 1.29 is 64.8 Å². The van der Waals surface area contributed by atoms with E-state index in [1.54, 1.807) is 60.6 Å².